The van der Waals surface area contributed by atoms with E-state index in [2.05, 4.69) is 10.4 Å². The number of hydrogen-bond donors (Lipinski definition) is 1. The Morgan fingerprint density at radius 1 is 1.15 bits per heavy atom. The van der Waals surface area contributed by atoms with E-state index < -0.39 is 4.92 Å². The second kappa shape index (κ2) is 6.11. The molecular formula is C19H16N4O3. The highest BCUT2D eigenvalue weighted by atomic mass is 16.6. The SMILES string of the molecule is Cc1nn(-c2ccccc2)c2c1C(c1ccc([N+](=O)[O-])cc1)CC(=O)N2. The van der Waals surface area contributed by atoms with Gasteiger partial charge in [0.25, 0.3) is 5.69 Å². The van der Waals surface area contributed by atoms with Crippen LogP contribution in [-0.2, 0) is 4.79 Å². The molecule has 1 unspecified atom stereocenters. The number of benzene rings is 2. The van der Waals surface area contributed by atoms with Gasteiger partial charge in [0.05, 0.1) is 16.3 Å². The number of amides is 1. The molecule has 7 nitrogen and oxygen atoms in total. The number of carbonyl (C=O) groups is 1. The molecule has 1 atom stereocenters. The lowest BCUT2D eigenvalue weighted by molar-refractivity contribution is -0.384. The van der Waals surface area contributed by atoms with Gasteiger partial charge in [-0.1, -0.05) is 30.3 Å². The summed E-state index contributed by atoms with van der Waals surface area (Å²) in [5.74, 6) is 0.378. The number of nitrogens with zero attached hydrogens (tertiary/aromatic N) is 3. The topological polar surface area (TPSA) is 90.1 Å². The minimum Gasteiger partial charge on any atom is -0.310 e. The van der Waals surface area contributed by atoms with Crippen LogP contribution in [0.15, 0.2) is 54.6 Å². The number of non-ortho nitro benzene ring substituents is 1. The van der Waals surface area contributed by atoms with Crippen LogP contribution in [-0.4, -0.2) is 20.6 Å². The van der Waals surface area contributed by atoms with Crippen LogP contribution in [0, 0.1) is 17.0 Å². The third-order valence-corrected chi connectivity index (χ3v) is 4.61. The number of anilines is 1. The molecule has 1 N–H and O–H groups in total. The Hall–Kier alpha value is -3.48. The molecule has 0 aliphatic carbocycles. The maximum atomic E-state index is 12.3. The summed E-state index contributed by atoms with van der Waals surface area (Å²) in [7, 11) is 0. The van der Waals surface area contributed by atoms with Crippen molar-refractivity contribution >= 4 is 17.4 Å². The normalized spacial score (nSPS) is 16.0. The van der Waals surface area contributed by atoms with Gasteiger partial charge in [0.15, 0.2) is 0 Å². The molecule has 1 aliphatic heterocycles. The van der Waals surface area contributed by atoms with E-state index in [-0.39, 0.29) is 23.9 Å². The molecule has 4 rings (SSSR count). The van der Waals surface area contributed by atoms with E-state index in [1.807, 2.05) is 37.3 Å². The zero-order chi connectivity index (χ0) is 18.3. The second-order valence-electron chi connectivity index (χ2n) is 6.25. The number of rotatable bonds is 3. The highest BCUT2D eigenvalue weighted by Crippen LogP contribution is 2.40. The van der Waals surface area contributed by atoms with Crippen LogP contribution in [0.4, 0.5) is 11.5 Å². The molecule has 0 bridgehead atoms. The van der Waals surface area contributed by atoms with Gasteiger partial charge in [-0.3, -0.25) is 14.9 Å². The van der Waals surface area contributed by atoms with Gasteiger partial charge in [-0.2, -0.15) is 5.10 Å². The fourth-order valence-corrected chi connectivity index (χ4v) is 3.42. The highest BCUT2D eigenvalue weighted by Gasteiger charge is 2.32. The largest absolute Gasteiger partial charge is 0.310 e. The third-order valence-electron chi connectivity index (χ3n) is 4.61. The average Bonchev–Trinajstić information content (AvgIpc) is 2.98. The molecule has 2 aromatic carbocycles. The first-order chi connectivity index (χ1) is 12.5. The van der Waals surface area contributed by atoms with Crippen molar-refractivity contribution in [2.45, 2.75) is 19.3 Å². The van der Waals surface area contributed by atoms with E-state index in [1.54, 1.807) is 16.8 Å². The van der Waals surface area contributed by atoms with Crippen molar-refractivity contribution in [3.05, 3.63) is 81.5 Å². The quantitative estimate of drug-likeness (QED) is 0.579. The van der Waals surface area contributed by atoms with Crippen LogP contribution < -0.4 is 5.32 Å². The van der Waals surface area contributed by atoms with Crippen LogP contribution in [0.2, 0.25) is 0 Å². The standard InChI is InChI=1S/C19H16N4O3/c1-12-18-16(13-7-9-15(10-8-13)23(25)26)11-17(24)20-19(18)22(21-12)14-5-3-2-4-6-14/h2-10,16H,11H2,1H3,(H,20,24). The van der Waals surface area contributed by atoms with Gasteiger partial charge >= 0.3 is 0 Å². The van der Waals surface area contributed by atoms with Crippen molar-refractivity contribution in [2.24, 2.45) is 0 Å². The Bertz CT molecular complexity index is 994. The molecule has 0 saturated heterocycles. The predicted molar refractivity (Wildman–Crippen MR) is 96.5 cm³/mol. The number of hydrogen-bond acceptors (Lipinski definition) is 4. The van der Waals surface area contributed by atoms with Crippen molar-refractivity contribution in [3.8, 4) is 5.69 Å². The molecule has 7 heteroatoms. The van der Waals surface area contributed by atoms with Crippen LogP contribution in [0.5, 0.6) is 0 Å². The maximum absolute atomic E-state index is 12.3. The molecule has 0 saturated carbocycles. The minimum atomic E-state index is -0.429. The summed E-state index contributed by atoms with van der Waals surface area (Å²) in [6, 6.07) is 16.0. The number of aryl methyl sites for hydroxylation is 1. The Balaban J connectivity index is 1.82. The number of nitro benzene ring substituents is 1. The smallest absolute Gasteiger partial charge is 0.269 e. The van der Waals surface area contributed by atoms with Gasteiger partial charge < -0.3 is 5.32 Å². The van der Waals surface area contributed by atoms with Crippen molar-refractivity contribution in [1.82, 2.24) is 9.78 Å². The lowest BCUT2D eigenvalue weighted by Crippen LogP contribution is -2.24. The third kappa shape index (κ3) is 2.63. The van der Waals surface area contributed by atoms with Crippen LogP contribution >= 0.6 is 0 Å². The zero-order valence-electron chi connectivity index (χ0n) is 14.0. The van der Waals surface area contributed by atoms with Crippen molar-refractivity contribution < 1.29 is 9.72 Å². The van der Waals surface area contributed by atoms with Crippen molar-refractivity contribution in [1.29, 1.82) is 0 Å². The summed E-state index contributed by atoms with van der Waals surface area (Å²) in [4.78, 5) is 22.8. The van der Waals surface area contributed by atoms with E-state index >= 15 is 0 Å². The van der Waals surface area contributed by atoms with Crippen molar-refractivity contribution in [3.63, 3.8) is 0 Å². The van der Waals surface area contributed by atoms with Crippen LogP contribution in [0.3, 0.4) is 0 Å². The Labute approximate surface area is 149 Å². The summed E-state index contributed by atoms with van der Waals surface area (Å²) in [6.07, 6.45) is 0.284. The van der Waals surface area contributed by atoms with E-state index in [4.69, 9.17) is 0 Å². The van der Waals surface area contributed by atoms with E-state index in [1.165, 1.54) is 12.1 Å². The van der Waals surface area contributed by atoms with E-state index in [0.717, 1.165) is 22.5 Å². The molecule has 1 aliphatic rings. The summed E-state index contributed by atoms with van der Waals surface area (Å²) in [5, 5.41) is 18.4. The fraction of sp³-hybridized carbons (Fsp3) is 0.158. The highest BCUT2D eigenvalue weighted by molar-refractivity contribution is 5.95. The predicted octanol–water partition coefficient (Wildman–Crippen LogP) is 3.56. The van der Waals surface area contributed by atoms with Gasteiger partial charge in [-0.15, -0.1) is 0 Å². The van der Waals surface area contributed by atoms with Crippen LogP contribution in [0.1, 0.15) is 29.2 Å². The molecule has 0 radical (unpaired) electrons. The van der Waals surface area contributed by atoms with E-state index in [0.29, 0.717) is 5.82 Å². The van der Waals surface area contributed by atoms with Gasteiger partial charge in [0, 0.05) is 30.0 Å². The number of aromatic nitrogens is 2. The summed E-state index contributed by atoms with van der Waals surface area (Å²) in [5.41, 5.74) is 3.53. The van der Waals surface area contributed by atoms with Gasteiger partial charge in [-0.05, 0) is 24.6 Å². The molecule has 26 heavy (non-hydrogen) atoms. The molecule has 1 aromatic heterocycles. The zero-order valence-corrected chi connectivity index (χ0v) is 14.0. The first kappa shape index (κ1) is 16.0. The van der Waals surface area contributed by atoms with Gasteiger partial charge in [0.2, 0.25) is 5.91 Å². The molecule has 0 spiro atoms. The summed E-state index contributed by atoms with van der Waals surface area (Å²) >= 11 is 0. The van der Waals surface area contributed by atoms with Crippen molar-refractivity contribution in [2.75, 3.05) is 5.32 Å². The summed E-state index contributed by atoms with van der Waals surface area (Å²) in [6.45, 7) is 1.91. The van der Waals surface area contributed by atoms with E-state index in [9.17, 15) is 14.9 Å². The average molecular weight is 348 g/mol. The molecule has 1 amide bonds. The second-order valence-corrected chi connectivity index (χ2v) is 6.25. The maximum Gasteiger partial charge on any atom is 0.269 e. The first-order valence-corrected chi connectivity index (χ1v) is 8.23. The molecule has 130 valence electrons. The summed E-state index contributed by atoms with van der Waals surface area (Å²) < 4.78 is 1.74. The lowest BCUT2D eigenvalue weighted by atomic mass is 9.86. The number of para-hydroxylation sites is 1. The van der Waals surface area contributed by atoms with Gasteiger partial charge in [0.1, 0.15) is 5.82 Å². The Morgan fingerprint density at radius 2 is 1.85 bits per heavy atom. The Kier molecular flexibility index (Phi) is 3.76. The number of nitro groups is 1. The number of carbonyl (C=O) groups excluding carboxylic acids is 1. The molecular weight excluding hydrogens is 332 g/mol. The Morgan fingerprint density at radius 3 is 2.50 bits per heavy atom. The lowest BCUT2D eigenvalue weighted by Gasteiger charge is -2.24. The molecule has 0 fully saturated rings. The first-order valence-electron chi connectivity index (χ1n) is 8.23. The van der Waals surface area contributed by atoms with Gasteiger partial charge in [-0.25, -0.2) is 4.68 Å². The molecule has 2 heterocycles. The molecule has 3 aromatic rings. The fourth-order valence-electron chi connectivity index (χ4n) is 3.42. The monoisotopic (exact) mass is 348 g/mol. The number of fused-ring (bicyclic) bond motifs is 1. The number of nitrogens with one attached hydrogen (secondary N) is 1. The van der Waals surface area contributed by atoms with Crippen LogP contribution in [0.25, 0.3) is 5.69 Å². The minimum absolute atomic E-state index is 0.0333.